The van der Waals surface area contributed by atoms with Crippen molar-refractivity contribution in [2.45, 2.75) is 45.7 Å². The Hall–Kier alpha value is -2.58. The van der Waals surface area contributed by atoms with E-state index in [0.29, 0.717) is 17.0 Å². The summed E-state index contributed by atoms with van der Waals surface area (Å²) in [5.41, 5.74) is 3.54. The number of rotatable bonds is 6. The number of methoxy groups -OCH3 is 1. The van der Waals surface area contributed by atoms with E-state index in [0.717, 1.165) is 42.5 Å². The Morgan fingerprint density at radius 2 is 2.17 bits per heavy atom. The van der Waals surface area contributed by atoms with Gasteiger partial charge in [0.15, 0.2) is 0 Å². The number of ether oxygens (including phenoxy) is 1. The molecule has 0 radical (unpaired) electrons. The van der Waals surface area contributed by atoms with Gasteiger partial charge in [0.05, 0.1) is 30.0 Å². The Morgan fingerprint density at radius 3 is 2.86 bits per heavy atom. The van der Waals surface area contributed by atoms with E-state index in [1.807, 2.05) is 29.9 Å². The van der Waals surface area contributed by atoms with Crippen LogP contribution >= 0.6 is 0 Å². The number of fused-ring (bicyclic) bond motifs is 2. The predicted molar refractivity (Wildman–Crippen MR) is 120 cm³/mol. The number of halogens is 4. The molecule has 187 valence electrons. The van der Waals surface area contributed by atoms with Gasteiger partial charge in [-0.3, -0.25) is 9.67 Å². The first-order chi connectivity index (χ1) is 16.9. The van der Waals surface area contributed by atoms with Gasteiger partial charge in [0.25, 0.3) is 0 Å². The van der Waals surface area contributed by atoms with E-state index in [1.165, 1.54) is 6.08 Å². The fourth-order valence-corrected chi connectivity index (χ4v) is 3.77. The molecule has 0 spiro atoms. The molecule has 0 saturated heterocycles. The van der Waals surface area contributed by atoms with Crippen molar-refractivity contribution in [1.29, 1.82) is 0 Å². The van der Waals surface area contributed by atoms with Crippen LogP contribution in [-0.4, -0.2) is 31.5 Å². The summed E-state index contributed by atoms with van der Waals surface area (Å²) in [7, 11) is 1.58. The van der Waals surface area contributed by atoms with Crippen LogP contribution in [0.1, 0.15) is 50.5 Å². The van der Waals surface area contributed by atoms with E-state index < -0.39 is 28.1 Å². The van der Waals surface area contributed by atoms with E-state index in [9.17, 15) is 10.7 Å². The summed E-state index contributed by atoms with van der Waals surface area (Å²) in [6, 6.07) is 3.65. The zero-order valence-electron chi connectivity index (χ0n) is 19.6. The zero-order valence-corrected chi connectivity index (χ0v) is 23.8. The average molecular weight is 717 g/mol. The summed E-state index contributed by atoms with van der Waals surface area (Å²) in [5.74, 6) is 0.274. The molecule has 0 amide bonds. The van der Waals surface area contributed by atoms with E-state index in [2.05, 4.69) is 16.3 Å². The van der Waals surface area contributed by atoms with E-state index >= 15 is 0 Å². The first kappa shape index (κ1) is 27.0. The molecule has 1 atom stereocenters. The number of aromatic amines is 1. The van der Waals surface area contributed by atoms with Gasteiger partial charge in [-0.2, -0.15) is 11.2 Å². The monoisotopic (exact) mass is 716 g/mol. The van der Waals surface area contributed by atoms with Gasteiger partial charge >= 0.3 is 34.4 Å². The quantitative estimate of drug-likeness (QED) is 0.158. The van der Waals surface area contributed by atoms with E-state index in [4.69, 9.17) is 14.8 Å². The number of allylic oxidation sites excluding steroid dienone is 5. The van der Waals surface area contributed by atoms with Crippen molar-refractivity contribution in [3.63, 3.8) is 0 Å². The Kier molecular flexibility index (Phi) is 9.98. The fourth-order valence-electron chi connectivity index (χ4n) is 3.77. The topological polar surface area (TPSA) is 72.5 Å². The van der Waals surface area contributed by atoms with Gasteiger partial charge in [0, 0.05) is 24.5 Å². The second kappa shape index (κ2) is 12.9. The molecular formula is C23H26F4N6OU-. The number of H-pyrrole nitrogens is 1. The number of aromatic nitrogens is 5. The van der Waals surface area contributed by atoms with Crippen LogP contribution < -0.4 is 5.49 Å². The third-order valence-corrected chi connectivity index (χ3v) is 5.29. The Morgan fingerprint density at radius 1 is 1.40 bits per heavy atom. The van der Waals surface area contributed by atoms with Gasteiger partial charge in [-0.15, -0.1) is 6.20 Å². The van der Waals surface area contributed by atoms with Crippen LogP contribution in [0.4, 0.5) is 10.7 Å². The summed E-state index contributed by atoms with van der Waals surface area (Å²) in [6.45, 7) is 4.46. The van der Waals surface area contributed by atoms with Crippen molar-refractivity contribution in [3.8, 4) is 0 Å². The van der Waals surface area contributed by atoms with Crippen LogP contribution in [0, 0.1) is 34.3 Å². The Bertz CT molecular complexity index is 1290. The molecule has 4 heterocycles. The van der Waals surface area contributed by atoms with Crippen molar-refractivity contribution in [1.82, 2.24) is 24.4 Å². The molecular weight excluding hydrogens is 690 g/mol. The molecule has 4 rings (SSSR count). The van der Waals surface area contributed by atoms with Gasteiger partial charge in [-0.25, -0.2) is 4.39 Å². The van der Waals surface area contributed by atoms with Crippen molar-refractivity contribution in [2.75, 3.05) is 7.11 Å². The summed E-state index contributed by atoms with van der Waals surface area (Å²) >= 11 is -5.23. The maximum atomic E-state index is 14.8. The van der Waals surface area contributed by atoms with Crippen LogP contribution in [0.5, 0.6) is 0 Å². The van der Waals surface area contributed by atoms with Gasteiger partial charge in [-0.1, -0.05) is 13.0 Å². The first-order valence-corrected chi connectivity index (χ1v) is 15.8. The predicted octanol–water partition coefficient (Wildman–Crippen LogP) is 5.55. The average Bonchev–Trinajstić information content (AvgIpc) is 3.49. The molecule has 1 unspecified atom stereocenters. The van der Waals surface area contributed by atoms with Crippen LogP contribution in [-0.2, 0) is 11.3 Å². The molecule has 35 heavy (non-hydrogen) atoms. The second-order valence-corrected chi connectivity index (χ2v) is 9.29. The van der Waals surface area contributed by atoms with Crippen LogP contribution in [0.2, 0.25) is 0 Å². The number of aryl methyl sites for hydroxylation is 1. The van der Waals surface area contributed by atoms with Crippen molar-refractivity contribution < 1.29 is 43.5 Å². The van der Waals surface area contributed by atoms with Crippen LogP contribution in [0.3, 0.4) is 0 Å². The molecule has 0 aromatic carbocycles. The molecule has 0 fully saturated rings. The summed E-state index contributed by atoms with van der Waals surface area (Å²) < 4.78 is 53.5. The molecule has 12 heteroatoms. The molecule has 7 nitrogen and oxygen atoms in total. The standard InChI is InChI=1S/C23H26FN6O.3FH.U/c1-4-7-16(31-3)14-17(18(24)5-2)20-15-22-19(8-6-12-30(22)28-20)27-23-21-9-10-26-29(21)13-11-25-23;;;;/h5,7,9,11,13-15,19H,4,6,8,12H2,1-3H3,(H,25,27);3*1H;/q-1;;;;+3/p-3/b16-7-,17-14+,18-5+;;;;. The number of hydrogen-bond acceptors (Lipinski definition) is 4. The molecule has 3 aromatic rings. The molecule has 0 bridgehead atoms. The van der Waals surface area contributed by atoms with Gasteiger partial charge in [0.2, 0.25) is 0 Å². The summed E-state index contributed by atoms with van der Waals surface area (Å²) in [6.07, 6.45) is 14.2. The minimum absolute atomic E-state index is 0.0876. The van der Waals surface area contributed by atoms with Gasteiger partial charge < -0.3 is 19.3 Å². The van der Waals surface area contributed by atoms with E-state index in [-0.39, 0.29) is 11.9 Å². The number of nitrogens with one attached hydrogen (secondary N) is 1. The summed E-state index contributed by atoms with van der Waals surface area (Å²) in [4.78, 5) is 8.14. The molecule has 3 aromatic heterocycles. The fraction of sp³-hybridized carbons (Fsp3) is 0.348. The van der Waals surface area contributed by atoms with Crippen LogP contribution in [0.25, 0.3) is 11.1 Å². The third kappa shape index (κ3) is 6.98. The molecule has 1 aliphatic heterocycles. The number of hydrogen-bond donors (Lipinski definition) is 1. The molecule has 0 aliphatic carbocycles. The second-order valence-electron chi connectivity index (χ2n) is 7.50. The minimum atomic E-state index is -5.23. The summed E-state index contributed by atoms with van der Waals surface area (Å²) in [5, 5.41) is 8.85. The number of nitrogens with zero attached hydrogens (tertiary/aromatic N) is 5. The van der Waals surface area contributed by atoms with Crippen molar-refractivity contribution in [3.05, 3.63) is 77.4 Å². The SMILES string of the molecule is C\C=C(F)/C(=C\C(=C\CC)OC)c1cc2n(n1)CCCC2N=c1[nH]ccn2n[c-]cc12.[F][U]([F])[F]. The van der Waals surface area contributed by atoms with Crippen molar-refractivity contribution in [2.24, 2.45) is 4.99 Å². The van der Waals surface area contributed by atoms with Gasteiger partial charge in [-0.05, 0) is 49.9 Å². The van der Waals surface area contributed by atoms with E-state index in [1.54, 1.807) is 36.9 Å². The van der Waals surface area contributed by atoms with Gasteiger partial charge in [0.1, 0.15) is 11.6 Å². The zero-order chi connectivity index (χ0) is 25.4. The Labute approximate surface area is 213 Å². The molecule has 1 N–H and O–H groups in total. The first-order valence-electron chi connectivity index (χ1n) is 11.0. The Balaban J connectivity index is 0.000000795. The maximum absolute atomic E-state index is 14.8. The molecule has 1 aliphatic rings. The van der Waals surface area contributed by atoms with Crippen molar-refractivity contribution >= 4 is 11.1 Å². The normalized spacial score (nSPS) is 17.2. The van der Waals surface area contributed by atoms with Crippen LogP contribution in [0.15, 0.2) is 59.3 Å². The third-order valence-electron chi connectivity index (χ3n) is 5.29. The molecule has 0 saturated carbocycles.